The fourth-order valence-corrected chi connectivity index (χ4v) is 1.35. The van der Waals surface area contributed by atoms with Gasteiger partial charge in [0.05, 0.1) is 6.61 Å². The van der Waals surface area contributed by atoms with Crippen molar-refractivity contribution >= 4 is 5.97 Å². The average Bonchev–Trinajstić information content (AvgIpc) is 2.24. The van der Waals surface area contributed by atoms with Crippen molar-refractivity contribution in [3.05, 3.63) is 0 Å². The molecule has 0 N–H and O–H groups in total. The van der Waals surface area contributed by atoms with Crippen LogP contribution in [0.15, 0.2) is 0 Å². The van der Waals surface area contributed by atoms with Crippen molar-refractivity contribution in [1.29, 1.82) is 0 Å². The highest BCUT2D eigenvalue weighted by Crippen LogP contribution is 2.04. The summed E-state index contributed by atoms with van der Waals surface area (Å²) in [6.07, 6.45) is 3.54. The van der Waals surface area contributed by atoms with Gasteiger partial charge in [-0.15, -0.1) is 0 Å². The largest absolute Gasteiger partial charge is 0.465 e. The van der Waals surface area contributed by atoms with E-state index < -0.39 is 0 Å². The van der Waals surface area contributed by atoms with E-state index in [4.69, 9.17) is 9.47 Å². The maximum atomic E-state index is 11.2. The number of rotatable bonds is 10. The monoisotopic (exact) mass is 244 g/mol. The van der Waals surface area contributed by atoms with E-state index in [-0.39, 0.29) is 5.97 Å². The highest BCUT2D eigenvalue weighted by molar-refractivity contribution is 5.69. The van der Waals surface area contributed by atoms with E-state index >= 15 is 0 Å². The Morgan fingerprint density at radius 2 is 1.65 bits per heavy atom. The zero-order chi connectivity index (χ0) is 13.1. The van der Waals surface area contributed by atoms with E-state index in [0.29, 0.717) is 25.6 Å². The molecular weight excluding hydrogens is 216 g/mol. The van der Waals surface area contributed by atoms with Crippen molar-refractivity contribution in [3.8, 4) is 0 Å². The van der Waals surface area contributed by atoms with Crippen LogP contribution in [0.25, 0.3) is 0 Å². The number of esters is 1. The third-order valence-electron chi connectivity index (χ3n) is 2.32. The lowest BCUT2D eigenvalue weighted by Gasteiger charge is -2.08. The smallest absolute Gasteiger partial charge is 0.305 e. The molecule has 0 atom stereocenters. The summed E-state index contributed by atoms with van der Waals surface area (Å²) in [5.41, 5.74) is 0. The predicted octanol–water partition coefficient (Wildman–Crippen LogP) is 3.42. The zero-order valence-corrected chi connectivity index (χ0v) is 11.8. The molecule has 3 heteroatoms. The first kappa shape index (κ1) is 16.4. The van der Waals surface area contributed by atoms with Crippen LogP contribution in [0.3, 0.4) is 0 Å². The molecule has 0 spiro atoms. The topological polar surface area (TPSA) is 35.5 Å². The van der Waals surface area contributed by atoms with Gasteiger partial charge >= 0.3 is 5.97 Å². The first-order chi connectivity index (χ1) is 8.02. The zero-order valence-electron chi connectivity index (χ0n) is 11.8. The van der Waals surface area contributed by atoms with Crippen molar-refractivity contribution in [1.82, 2.24) is 0 Å². The summed E-state index contributed by atoms with van der Waals surface area (Å²) in [4.78, 5) is 11.2. The molecule has 0 aromatic heterocycles. The van der Waals surface area contributed by atoms with Crippen molar-refractivity contribution in [2.24, 2.45) is 11.8 Å². The van der Waals surface area contributed by atoms with Crippen LogP contribution in [0.1, 0.15) is 53.4 Å². The molecule has 0 aliphatic carbocycles. The molecule has 0 unspecified atom stereocenters. The highest BCUT2D eigenvalue weighted by Gasteiger charge is 2.03. The summed E-state index contributed by atoms with van der Waals surface area (Å²) in [6, 6.07) is 0. The van der Waals surface area contributed by atoms with E-state index in [9.17, 15) is 4.79 Å². The number of hydrogen-bond acceptors (Lipinski definition) is 3. The Morgan fingerprint density at radius 3 is 2.24 bits per heavy atom. The number of hydrogen-bond donors (Lipinski definition) is 0. The molecule has 0 fully saturated rings. The van der Waals surface area contributed by atoms with Crippen LogP contribution in [0.2, 0.25) is 0 Å². The Morgan fingerprint density at radius 1 is 1.00 bits per heavy atom. The molecule has 17 heavy (non-hydrogen) atoms. The van der Waals surface area contributed by atoms with Gasteiger partial charge in [0, 0.05) is 19.6 Å². The molecule has 0 aliphatic heterocycles. The molecule has 0 saturated carbocycles. The minimum Gasteiger partial charge on any atom is -0.465 e. The molecule has 0 radical (unpaired) electrons. The van der Waals surface area contributed by atoms with Crippen LogP contribution < -0.4 is 0 Å². The van der Waals surface area contributed by atoms with Gasteiger partial charge in [0.2, 0.25) is 0 Å². The Kier molecular flexibility index (Phi) is 10.2. The molecular formula is C14H28O3. The molecule has 3 nitrogen and oxygen atoms in total. The molecule has 0 rings (SSSR count). The Bertz CT molecular complexity index is 188. The maximum absolute atomic E-state index is 11.2. The predicted molar refractivity (Wildman–Crippen MR) is 69.9 cm³/mol. The fraction of sp³-hybridized carbons (Fsp3) is 0.929. The van der Waals surface area contributed by atoms with Gasteiger partial charge in [-0.3, -0.25) is 4.79 Å². The Labute approximate surface area is 106 Å². The van der Waals surface area contributed by atoms with Gasteiger partial charge in [-0.2, -0.15) is 0 Å². The summed E-state index contributed by atoms with van der Waals surface area (Å²) in [5.74, 6) is 1.04. The summed E-state index contributed by atoms with van der Waals surface area (Å²) in [6.45, 7) is 10.5. The second-order valence-electron chi connectivity index (χ2n) is 5.33. The number of ether oxygens (including phenoxy) is 2. The molecule has 0 aliphatic rings. The molecule has 0 aromatic carbocycles. The van der Waals surface area contributed by atoms with Crippen molar-refractivity contribution in [3.63, 3.8) is 0 Å². The average molecular weight is 244 g/mol. The maximum Gasteiger partial charge on any atom is 0.305 e. The van der Waals surface area contributed by atoms with Crippen LogP contribution in [0.5, 0.6) is 0 Å². The third-order valence-corrected chi connectivity index (χ3v) is 2.32. The molecule has 0 amide bonds. The van der Waals surface area contributed by atoms with Gasteiger partial charge in [0.1, 0.15) is 0 Å². The van der Waals surface area contributed by atoms with Gasteiger partial charge < -0.3 is 9.47 Å². The van der Waals surface area contributed by atoms with Gasteiger partial charge in [-0.05, 0) is 31.1 Å². The van der Waals surface area contributed by atoms with Gasteiger partial charge in [-0.25, -0.2) is 0 Å². The normalized spacial score (nSPS) is 11.2. The summed E-state index contributed by atoms with van der Waals surface area (Å²) in [5, 5.41) is 0. The van der Waals surface area contributed by atoms with Crippen LogP contribution in [-0.4, -0.2) is 25.8 Å². The lowest BCUT2D eigenvalue weighted by Crippen LogP contribution is -2.10. The van der Waals surface area contributed by atoms with Crippen LogP contribution in [0.4, 0.5) is 0 Å². The Hall–Kier alpha value is -0.570. The summed E-state index contributed by atoms with van der Waals surface area (Å²) >= 11 is 0. The Balaban J connectivity index is 3.19. The third kappa shape index (κ3) is 13.4. The molecule has 0 aromatic rings. The first-order valence-corrected chi connectivity index (χ1v) is 6.75. The van der Waals surface area contributed by atoms with Crippen molar-refractivity contribution < 1.29 is 14.3 Å². The lowest BCUT2D eigenvalue weighted by atomic mass is 10.1. The summed E-state index contributed by atoms with van der Waals surface area (Å²) in [7, 11) is 0. The van der Waals surface area contributed by atoms with Crippen molar-refractivity contribution in [2.45, 2.75) is 53.4 Å². The van der Waals surface area contributed by atoms with E-state index in [1.165, 1.54) is 6.42 Å². The SMILES string of the molecule is CC(C)CCCOCCCC(=O)OCC(C)C. The first-order valence-electron chi connectivity index (χ1n) is 6.75. The van der Waals surface area contributed by atoms with Crippen LogP contribution >= 0.6 is 0 Å². The molecule has 102 valence electrons. The minimum atomic E-state index is -0.107. The van der Waals surface area contributed by atoms with Crippen LogP contribution in [-0.2, 0) is 14.3 Å². The standard InChI is InChI=1S/C14H28O3/c1-12(2)7-5-9-16-10-6-8-14(15)17-11-13(3)4/h12-13H,5-11H2,1-4H3. The fourth-order valence-electron chi connectivity index (χ4n) is 1.35. The minimum absolute atomic E-state index is 0.107. The second kappa shape index (κ2) is 10.6. The van der Waals surface area contributed by atoms with E-state index in [1.54, 1.807) is 0 Å². The highest BCUT2D eigenvalue weighted by atomic mass is 16.5. The lowest BCUT2D eigenvalue weighted by molar-refractivity contribution is -0.145. The number of carbonyl (C=O) groups excluding carboxylic acids is 1. The molecule has 0 bridgehead atoms. The van der Waals surface area contributed by atoms with Crippen LogP contribution in [0, 0.1) is 11.8 Å². The second-order valence-corrected chi connectivity index (χ2v) is 5.33. The summed E-state index contributed by atoms with van der Waals surface area (Å²) < 4.78 is 10.5. The van der Waals surface area contributed by atoms with Gasteiger partial charge in [0.15, 0.2) is 0 Å². The van der Waals surface area contributed by atoms with Gasteiger partial charge in [0.25, 0.3) is 0 Å². The number of carbonyl (C=O) groups is 1. The van der Waals surface area contributed by atoms with E-state index in [2.05, 4.69) is 13.8 Å². The van der Waals surface area contributed by atoms with E-state index in [0.717, 1.165) is 25.4 Å². The van der Waals surface area contributed by atoms with Gasteiger partial charge in [-0.1, -0.05) is 27.7 Å². The van der Waals surface area contributed by atoms with E-state index in [1.807, 2.05) is 13.8 Å². The molecule has 0 heterocycles. The van der Waals surface area contributed by atoms with Crippen molar-refractivity contribution in [2.75, 3.05) is 19.8 Å². The molecule has 0 saturated heterocycles. The quantitative estimate of drug-likeness (QED) is 0.436.